The highest BCUT2D eigenvalue weighted by atomic mass is 15.1. The first-order chi connectivity index (χ1) is 9.74. The van der Waals surface area contributed by atoms with Crippen LogP contribution < -0.4 is 0 Å². The van der Waals surface area contributed by atoms with Crippen molar-refractivity contribution in [3.8, 4) is 0 Å². The lowest BCUT2D eigenvalue weighted by Crippen LogP contribution is -2.15. The fourth-order valence-electron chi connectivity index (χ4n) is 3.12. The normalized spacial score (nSPS) is 11.2. The molecular weight excluding hydrogens is 244 g/mol. The first kappa shape index (κ1) is 15.0. The Hall–Kier alpha value is -1.44. The van der Waals surface area contributed by atoms with E-state index in [1.54, 1.807) is 0 Å². The molecule has 0 radical (unpaired) electrons. The van der Waals surface area contributed by atoms with E-state index in [0.717, 1.165) is 38.8 Å². The molecule has 0 saturated carbocycles. The Balaban J connectivity index is 2.20. The monoisotopic (exact) mass is 272 g/mol. The second-order valence-electron chi connectivity index (χ2n) is 5.35. The van der Waals surface area contributed by atoms with Gasteiger partial charge in [-0.25, -0.2) is 0 Å². The summed E-state index contributed by atoms with van der Waals surface area (Å²) in [5.74, 6) is 0. The second kappa shape index (κ2) is 6.83. The van der Waals surface area contributed by atoms with Crippen LogP contribution in [-0.2, 0) is 38.8 Å². The molecule has 0 unspecified atom stereocenters. The Morgan fingerprint density at radius 3 is 1.00 bits per heavy atom. The Bertz CT molecular complexity index is 453. The summed E-state index contributed by atoms with van der Waals surface area (Å²) in [4.78, 5) is 0. The van der Waals surface area contributed by atoms with Crippen molar-refractivity contribution < 1.29 is 0 Å². The third-order valence-corrected chi connectivity index (χ3v) is 4.32. The molecule has 2 nitrogen and oxygen atoms in total. The van der Waals surface area contributed by atoms with Crippen LogP contribution in [0.4, 0.5) is 0 Å². The smallest absolute Gasteiger partial charge is 0.0405 e. The van der Waals surface area contributed by atoms with Crippen molar-refractivity contribution in [1.29, 1.82) is 0 Å². The van der Waals surface area contributed by atoms with Crippen molar-refractivity contribution in [3.63, 3.8) is 0 Å². The number of hydrogen-bond donors (Lipinski definition) is 0. The highest BCUT2D eigenvalue weighted by Gasteiger charge is 2.09. The number of aromatic nitrogens is 2. The predicted octanol–water partition coefficient (Wildman–Crippen LogP) is 4.24. The molecule has 0 N–H and O–H groups in total. The van der Waals surface area contributed by atoms with Crippen molar-refractivity contribution in [2.75, 3.05) is 0 Å². The zero-order valence-corrected chi connectivity index (χ0v) is 13.4. The SMILES string of the molecule is CCc1ccc(CC)n1CCn1c(CC)ccc1CC. The van der Waals surface area contributed by atoms with Crippen molar-refractivity contribution in [2.24, 2.45) is 0 Å². The van der Waals surface area contributed by atoms with Gasteiger partial charge in [0, 0.05) is 35.9 Å². The first-order valence-corrected chi connectivity index (χ1v) is 8.09. The Morgan fingerprint density at radius 1 is 0.550 bits per heavy atom. The van der Waals surface area contributed by atoms with Crippen molar-refractivity contribution >= 4 is 0 Å². The molecule has 20 heavy (non-hydrogen) atoms. The van der Waals surface area contributed by atoms with E-state index in [2.05, 4.69) is 61.1 Å². The lowest BCUT2D eigenvalue weighted by atomic mass is 10.3. The molecule has 0 aliphatic heterocycles. The van der Waals surface area contributed by atoms with Crippen LogP contribution in [0.25, 0.3) is 0 Å². The number of hydrogen-bond acceptors (Lipinski definition) is 0. The van der Waals surface area contributed by atoms with Gasteiger partial charge in [0.2, 0.25) is 0 Å². The molecule has 0 fully saturated rings. The molecule has 2 aromatic rings. The number of nitrogens with zero attached hydrogens (tertiary/aromatic N) is 2. The third-order valence-electron chi connectivity index (χ3n) is 4.32. The van der Waals surface area contributed by atoms with Crippen LogP contribution in [-0.4, -0.2) is 9.13 Å². The highest BCUT2D eigenvalue weighted by molar-refractivity contribution is 5.18. The van der Waals surface area contributed by atoms with Gasteiger partial charge in [-0.1, -0.05) is 27.7 Å². The van der Waals surface area contributed by atoms with E-state index < -0.39 is 0 Å². The van der Waals surface area contributed by atoms with Crippen LogP contribution in [0.15, 0.2) is 24.3 Å². The largest absolute Gasteiger partial charge is 0.347 e. The molecule has 2 heterocycles. The van der Waals surface area contributed by atoms with E-state index in [1.807, 2.05) is 0 Å². The molecule has 0 saturated heterocycles. The van der Waals surface area contributed by atoms with E-state index in [9.17, 15) is 0 Å². The van der Waals surface area contributed by atoms with Crippen LogP contribution >= 0.6 is 0 Å². The van der Waals surface area contributed by atoms with Gasteiger partial charge in [0.25, 0.3) is 0 Å². The van der Waals surface area contributed by atoms with Crippen LogP contribution in [0.1, 0.15) is 50.5 Å². The minimum atomic E-state index is 1.09. The molecule has 2 aromatic heterocycles. The number of aryl methyl sites for hydroxylation is 4. The van der Waals surface area contributed by atoms with Gasteiger partial charge in [-0.2, -0.15) is 0 Å². The molecule has 0 aliphatic rings. The molecular formula is C18H28N2. The maximum absolute atomic E-state index is 2.51. The summed E-state index contributed by atoms with van der Waals surface area (Å²) in [7, 11) is 0. The molecule has 2 rings (SSSR count). The molecule has 0 amide bonds. The lowest BCUT2D eigenvalue weighted by molar-refractivity contribution is 0.529. The minimum Gasteiger partial charge on any atom is -0.347 e. The molecule has 0 bridgehead atoms. The van der Waals surface area contributed by atoms with Crippen molar-refractivity contribution in [1.82, 2.24) is 9.13 Å². The van der Waals surface area contributed by atoms with Crippen LogP contribution in [0.3, 0.4) is 0 Å². The maximum atomic E-state index is 2.51. The average Bonchev–Trinajstić information content (AvgIpc) is 3.07. The van der Waals surface area contributed by atoms with Gasteiger partial charge >= 0.3 is 0 Å². The zero-order valence-electron chi connectivity index (χ0n) is 13.4. The summed E-state index contributed by atoms with van der Waals surface area (Å²) in [6, 6.07) is 9.15. The summed E-state index contributed by atoms with van der Waals surface area (Å²) >= 11 is 0. The summed E-state index contributed by atoms with van der Waals surface area (Å²) in [5.41, 5.74) is 5.85. The van der Waals surface area contributed by atoms with Gasteiger partial charge in [-0.05, 0) is 49.9 Å². The van der Waals surface area contributed by atoms with E-state index in [1.165, 1.54) is 22.8 Å². The predicted molar refractivity (Wildman–Crippen MR) is 86.4 cm³/mol. The summed E-state index contributed by atoms with van der Waals surface area (Å²) in [6.45, 7) is 11.2. The highest BCUT2D eigenvalue weighted by Crippen LogP contribution is 2.15. The summed E-state index contributed by atoms with van der Waals surface area (Å²) < 4.78 is 5.03. The summed E-state index contributed by atoms with van der Waals surface area (Å²) in [6.07, 6.45) is 4.47. The van der Waals surface area contributed by atoms with Gasteiger partial charge in [0.15, 0.2) is 0 Å². The second-order valence-corrected chi connectivity index (χ2v) is 5.35. The van der Waals surface area contributed by atoms with Gasteiger partial charge < -0.3 is 9.13 Å². The van der Waals surface area contributed by atoms with E-state index in [-0.39, 0.29) is 0 Å². The Kier molecular flexibility index (Phi) is 5.11. The fourth-order valence-corrected chi connectivity index (χ4v) is 3.12. The zero-order chi connectivity index (χ0) is 14.5. The van der Waals surface area contributed by atoms with Gasteiger partial charge in [-0.3, -0.25) is 0 Å². The lowest BCUT2D eigenvalue weighted by Gasteiger charge is -2.16. The molecule has 110 valence electrons. The quantitative estimate of drug-likeness (QED) is 0.713. The number of rotatable bonds is 7. The Morgan fingerprint density at radius 2 is 0.800 bits per heavy atom. The van der Waals surface area contributed by atoms with Gasteiger partial charge in [-0.15, -0.1) is 0 Å². The standard InChI is InChI=1S/C18H28N2/c1-5-15-9-10-16(6-2)19(15)13-14-20-17(7-3)11-12-18(20)8-4/h9-12H,5-8,13-14H2,1-4H3. The molecule has 0 spiro atoms. The van der Waals surface area contributed by atoms with Gasteiger partial charge in [0.1, 0.15) is 0 Å². The van der Waals surface area contributed by atoms with E-state index in [4.69, 9.17) is 0 Å². The topological polar surface area (TPSA) is 9.86 Å². The Labute approximate surface area is 123 Å². The fraction of sp³-hybridized carbons (Fsp3) is 0.556. The average molecular weight is 272 g/mol. The van der Waals surface area contributed by atoms with Crippen molar-refractivity contribution in [2.45, 2.75) is 66.5 Å². The third kappa shape index (κ3) is 2.84. The van der Waals surface area contributed by atoms with Crippen LogP contribution in [0, 0.1) is 0 Å². The first-order valence-electron chi connectivity index (χ1n) is 8.09. The van der Waals surface area contributed by atoms with Crippen molar-refractivity contribution in [3.05, 3.63) is 47.0 Å². The summed E-state index contributed by atoms with van der Waals surface area (Å²) in [5, 5.41) is 0. The molecule has 2 heteroatoms. The molecule has 0 atom stereocenters. The minimum absolute atomic E-state index is 1.09. The molecule has 0 aromatic carbocycles. The van der Waals surface area contributed by atoms with Gasteiger partial charge in [0.05, 0.1) is 0 Å². The molecule has 0 aliphatic carbocycles. The van der Waals surface area contributed by atoms with E-state index in [0.29, 0.717) is 0 Å². The maximum Gasteiger partial charge on any atom is 0.0405 e. The van der Waals surface area contributed by atoms with Crippen LogP contribution in [0.5, 0.6) is 0 Å². The van der Waals surface area contributed by atoms with Crippen LogP contribution in [0.2, 0.25) is 0 Å². The van der Waals surface area contributed by atoms with E-state index >= 15 is 0 Å².